The number of methoxy groups -OCH3 is 1. The van der Waals surface area contributed by atoms with Crippen molar-refractivity contribution in [3.63, 3.8) is 0 Å². The second-order valence-electron chi connectivity index (χ2n) is 4.65. The highest BCUT2D eigenvalue weighted by molar-refractivity contribution is 5.64. The monoisotopic (exact) mass is 267 g/mol. The number of aliphatic hydroxyl groups excluding tert-OH is 1. The first kappa shape index (κ1) is 14.1. The van der Waals surface area contributed by atoms with E-state index in [1.165, 1.54) is 0 Å². The van der Waals surface area contributed by atoms with E-state index in [9.17, 15) is 5.11 Å². The lowest BCUT2D eigenvalue weighted by atomic mass is 10.0. The maximum atomic E-state index is 9.61. The number of rotatable bonds is 5. The largest absolute Gasteiger partial charge is 0.497 e. The van der Waals surface area contributed by atoms with Gasteiger partial charge in [0, 0.05) is 0 Å². The van der Waals surface area contributed by atoms with Gasteiger partial charge >= 0.3 is 0 Å². The standard InChI is InChI=1S/C17H17NO2/c1-20-17-8-6-15(7-9-17)14-4-2-13(3-5-14)12-16(19)10-11-18/h2-9,16,19H,10,12H2,1H3/t16-/m1/s1. The molecule has 3 nitrogen and oxygen atoms in total. The predicted molar refractivity (Wildman–Crippen MR) is 78.4 cm³/mol. The first-order valence-electron chi connectivity index (χ1n) is 6.51. The van der Waals surface area contributed by atoms with Crippen molar-refractivity contribution in [3.05, 3.63) is 54.1 Å². The molecule has 0 bridgehead atoms. The molecule has 0 saturated heterocycles. The van der Waals surface area contributed by atoms with Gasteiger partial charge in [-0.1, -0.05) is 36.4 Å². The Morgan fingerprint density at radius 2 is 1.60 bits per heavy atom. The molecule has 102 valence electrons. The third-order valence-electron chi connectivity index (χ3n) is 3.18. The summed E-state index contributed by atoms with van der Waals surface area (Å²) < 4.78 is 5.14. The van der Waals surface area contributed by atoms with Gasteiger partial charge in [0.05, 0.1) is 25.7 Å². The van der Waals surface area contributed by atoms with Crippen LogP contribution in [0.15, 0.2) is 48.5 Å². The van der Waals surface area contributed by atoms with Crippen LogP contribution in [0.1, 0.15) is 12.0 Å². The van der Waals surface area contributed by atoms with E-state index in [-0.39, 0.29) is 6.42 Å². The molecule has 0 aromatic heterocycles. The SMILES string of the molecule is COc1ccc(-c2ccc(C[C@H](O)CC#N)cc2)cc1. The Balaban J connectivity index is 2.09. The van der Waals surface area contributed by atoms with Crippen LogP contribution in [0.4, 0.5) is 0 Å². The lowest BCUT2D eigenvalue weighted by Crippen LogP contribution is -2.08. The molecule has 0 saturated carbocycles. The van der Waals surface area contributed by atoms with Gasteiger partial charge in [0.15, 0.2) is 0 Å². The van der Waals surface area contributed by atoms with E-state index in [0.29, 0.717) is 6.42 Å². The summed E-state index contributed by atoms with van der Waals surface area (Å²) in [6.07, 6.45) is 0.0864. The van der Waals surface area contributed by atoms with E-state index in [1.807, 2.05) is 54.6 Å². The molecule has 1 atom stereocenters. The Morgan fingerprint density at radius 1 is 1.05 bits per heavy atom. The number of hydrogen-bond donors (Lipinski definition) is 1. The summed E-state index contributed by atoms with van der Waals surface area (Å²) in [7, 11) is 1.65. The van der Waals surface area contributed by atoms with Crippen LogP contribution in [0.3, 0.4) is 0 Å². The summed E-state index contributed by atoms with van der Waals surface area (Å²) >= 11 is 0. The van der Waals surface area contributed by atoms with Crippen LogP contribution >= 0.6 is 0 Å². The van der Waals surface area contributed by atoms with Crippen molar-refractivity contribution in [2.24, 2.45) is 0 Å². The highest BCUT2D eigenvalue weighted by Crippen LogP contribution is 2.23. The van der Waals surface area contributed by atoms with Crippen molar-refractivity contribution >= 4 is 0 Å². The molecule has 3 heteroatoms. The van der Waals surface area contributed by atoms with E-state index < -0.39 is 6.10 Å². The summed E-state index contributed by atoms with van der Waals surface area (Å²) in [6, 6.07) is 17.9. The average Bonchev–Trinajstić information content (AvgIpc) is 2.48. The fourth-order valence-electron chi connectivity index (χ4n) is 2.07. The van der Waals surface area contributed by atoms with E-state index >= 15 is 0 Å². The van der Waals surface area contributed by atoms with Gasteiger partial charge in [0.25, 0.3) is 0 Å². The summed E-state index contributed by atoms with van der Waals surface area (Å²) in [5.74, 6) is 0.838. The number of benzene rings is 2. The molecule has 2 aromatic carbocycles. The highest BCUT2D eigenvalue weighted by atomic mass is 16.5. The molecular weight excluding hydrogens is 250 g/mol. The summed E-state index contributed by atoms with van der Waals surface area (Å²) in [4.78, 5) is 0. The maximum absolute atomic E-state index is 9.61. The Hall–Kier alpha value is -2.31. The second-order valence-corrected chi connectivity index (χ2v) is 4.65. The molecule has 0 fully saturated rings. The molecule has 0 aliphatic heterocycles. The molecule has 0 amide bonds. The van der Waals surface area contributed by atoms with Gasteiger partial charge in [-0.3, -0.25) is 0 Å². The molecule has 0 unspecified atom stereocenters. The van der Waals surface area contributed by atoms with Gasteiger partial charge < -0.3 is 9.84 Å². The number of ether oxygens (including phenoxy) is 1. The molecule has 0 radical (unpaired) electrons. The molecule has 2 aromatic rings. The van der Waals surface area contributed by atoms with Crippen LogP contribution in [0, 0.1) is 11.3 Å². The first-order chi connectivity index (χ1) is 9.72. The number of aliphatic hydroxyl groups is 1. The quantitative estimate of drug-likeness (QED) is 0.905. The summed E-state index contributed by atoms with van der Waals surface area (Å²) in [5, 5.41) is 18.1. The van der Waals surface area contributed by atoms with E-state index in [2.05, 4.69) is 0 Å². The van der Waals surface area contributed by atoms with Gasteiger partial charge in [-0.2, -0.15) is 5.26 Å². The highest BCUT2D eigenvalue weighted by Gasteiger charge is 2.05. The summed E-state index contributed by atoms with van der Waals surface area (Å²) in [5.41, 5.74) is 3.27. The molecule has 1 N–H and O–H groups in total. The van der Waals surface area contributed by atoms with E-state index in [4.69, 9.17) is 10.00 Å². The van der Waals surface area contributed by atoms with Crippen molar-refractivity contribution in [2.75, 3.05) is 7.11 Å². The minimum Gasteiger partial charge on any atom is -0.497 e. The predicted octanol–water partition coefficient (Wildman–Crippen LogP) is 3.18. The zero-order chi connectivity index (χ0) is 14.4. The van der Waals surface area contributed by atoms with Gasteiger partial charge in [0.1, 0.15) is 5.75 Å². The molecule has 0 aliphatic rings. The fraction of sp³-hybridized carbons (Fsp3) is 0.235. The third-order valence-corrected chi connectivity index (χ3v) is 3.18. The Labute approximate surface area is 119 Å². The van der Waals surface area contributed by atoms with Crippen molar-refractivity contribution in [1.82, 2.24) is 0 Å². The fourth-order valence-corrected chi connectivity index (χ4v) is 2.07. The topological polar surface area (TPSA) is 53.2 Å². The second kappa shape index (κ2) is 6.74. The molecule has 0 spiro atoms. The zero-order valence-corrected chi connectivity index (χ0v) is 11.4. The van der Waals surface area contributed by atoms with Crippen molar-refractivity contribution in [2.45, 2.75) is 18.9 Å². The van der Waals surface area contributed by atoms with Crippen molar-refractivity contribution < 1.29 is 9.84 Å². The molecule has 0 heterocycles. The molecule has 20 heavy (non-hydrogen) atoms. The van der Waals surface area contributed by atoms with Crippen LogP contribution in [-0.2, 0) is 6.42 Å². The first-order valence-corrected chi connectivity index (χ1v) is 6.51. The Morgan fingerprint density at radius 3 is 2.10 bits per heavy atom. The molecule has 2 rings (SSSR count). The van der Waals surface area contributed by atoms with E-state index in [0.717, 1.165) is 22.4 Å². The third kappa shape index (κ3) is 3.59. The lowest BCUT2D eigenvalue weighted by molar-refractivity contribution is 0.180. The van der Waals surface area contributed by atoms with Gasteiger partial charge in [-0.05, 0) is 35.2 Å². The van der Waals surface area contributed by atoms with Crippen molar-refractivity contribution in [1.29, 1.82) is 5.26 Å². The van der Waals surface area contributed by atoms with Crippen LogP contribution in [0.5, 0.6) is 5.75 Å². The minimum absolute atomic E-state index is 0.167. The van der Waals surface area contributed by atoms with Crippen LogP contribution in [0.2, 0.25) is 0 Å². The van der Waals surface area contributed by atoms with E-state index in [1.54, 1.807) is 7.11 Å². The Kier molecular flexibility index (Phi) is 4.75. The number of nitrogens with zero attached hydrogens (tertiary/aromatic N) is 1. The molecule has 0 aliphatic carbocycles. The Bertz CT molecular complexity index is 582. The van der Waals surface area contributed by atoms with Crippen LogP contribution in [-0.4, -0.2) is 18.3 Å². The van der Waals surface area contributed by atoms with Crippen molar-refractivity contribution in [3.8, 4) is 22.9 Å². The molecular formula is C17H17NO2. The normalized spacial score (nSPS) is 11.7. The van der Waals surface area contributed by atoms with Gasteiger partial charge in [-0.25, -0.2) is 0 Å². The maximum Gasteiger partial charge on any atom is 0.118 e. The summed E-state index contributed by atoms with van der Waals surface area (Å²) in [6.45, 7) is 0. The lowest BCUT2D eigenvalue weighted by Gasteiger charge is -2.08. The van der Waals surface area contributed by atoms with Crippen LogP contribution in [0.25, 0.3) is 11.1 Å². The average molecular weight is 267 g/mol. The van der Waals surface area contributed by atoms with Crippen LogP contribution < -0.4 is 4.74 Å². The van der Waals surface area contributed by atoms with Gasteiger partial charge in [-0.15, -0.1) is 0 Å². The number of nitriles is 1. The minimum atomic E-state index is -0.591. The zero-order valence-electron chi connectivity index (χ0n) is 11.4. The van der Waals surface area contributed by atoms with Gasteiger partial charge in [0.2, 0.25) is 0 Å². The number of hydrogen-bond acceptors (Lipinski definition) is 3. The smallest absolute Gasteiger partial charge is 0.118 e.